The fourth-order valence-electron chi connectivity index (χ4n) is 6.89. The van der Waals surface area contributed by atoms with Gasteiger partial charge in [0.05, 0.1) is 13.2 Å². The van der Waals surface area contributed by atoms with Gasteiger partial charge in [-0.1, -0.05) is 65.2 Å². The van der Waals surface area contributed by atoms with Crippen molar-refractivity contribution in [1.82, 2.24) is 0 Å². The van der Waals surface area contributed by atoms with Gasteiger partial charge in [-0.2, -0.15) is 0 Å². The van der Waals surface area contributed by atoms with Gasteiger partial charge >= 0.3 is 11.9 Å². The summed E-state index contributed by atoms with van der Waals surface area (Å²) in [5.41, 5.74) is 0.356. The van der Waals surface area contributed by atoms with Gasteiger partial charge in [-0.25, -0.2) is 9.59 Å². The second-order valence-electron chi connectivity index (χ2n) is 15.2. The van der Waals surface area contributed by atoms with Crippen molar-refractivity contribution in [2.45, 2.75) is 153 Å². The quantitative estimate of drug-likeness (QED) is 0.0626. The summed E-state index contributed by atoms with van der Waals surface area (Å²) < 4.78 is 38.9. The molecule has 0 radical (unpaired) electrons. The van der Waals surface area contributed by atoms with Gasteiger partial charge in [-0.15, -0.1) is 0 Å². The number of phenols is 2. The molecular weight excluding hydrogens is 776 g/mol. The highest BCUT2D eigenvalue weighted by Crippen LogP contribution is 2.32. The van der Waals surface area contributed by atoms with Gasteiger partial charge in [0.25, 0.3) is 0 Å². The van der Waals surface area contributed by atoms with Gasteiger partial charge in [-0.05, 0) is 49.9 Å². The zero-order valence-electron chi connectivity index (χ0n) is 34.2. The molecule has 2 aromatic rings. The van der Waals surface area contributed by atoms with Crippen LogP contribution in [-0.2, 0) is 23.7 Å². The van der Waals surface area contributed by atoms with Crippen molar-refractivity contribution < 1.29 is 83.6 Å². The number of carbonyl (C=O) groups is 2. The van der Waals surface area contributed by atoms with E-state index in [2.05, 4.69) is 13.8 Å². The minimum atomic E-state index is -1.95. The number of esters is 2. The van der Waals surface area contributed by atoms with Crippen LogP contribution in [0.3, 0.4) is 0 Å². The number of aryl methyl sites for hydroxylation is 2. The van der Waals surface area contributed by atoms with Gasteiger partial charge in [0.15, 0.2) is 12.6 Å². The average molecular weight is 839 g/mol. The van der Waals surface area contributed by atoms with E-state index in [0.29, 0.717) is 35.8 Å². The Morgan fingerprint density at radius 1 is 0.542 bits per heavy atom. The smallest absolute Gasteiger partial charge is 0.342 e. The van der Waals surface area contributed by atoms with Crippen LogP contribution >= 0.6 is 0 Å². The van der Waals surface area contributed by atoms with Crippen LogP contribution in [0.2, 0.25) is 0 Å². The van der Waals surface area contributed by atoms with Crippen molar-refractivity contribution in [3.05, 3.63) is 46.5 Å². The van der Waals surface area contributed by atoms with Crippen molar-refractivity contribution in [3.63, 3.8) is 0 Å². The van der Waals surface area contributed by atoms with Crippen LogP contribution in [0.4, 0.5) is 0 Å². The van der Waals surface area contributed by atoms with E-state index in [0.717, 1.165) is 64.2 Å². The largest absolute Gasteiger partial charge is 0.507 e. The molecule has 17 heteroatoms. The van der Waals surface area contributed by atoms with Crippen LogP contribution in [-0.4, -0.2) is 141 Å². The molecule has 2 heterocycles. The van der Waals surface area contributed by atoms with Gasteiger partial charge in [0, 0.05) is 12.1 Å². The predicted octanol–water partition coefficient (Wildman–Crippen LogP) is 3.06. The summed E-state index contributed by atoms with van der Waals surface area (Å²) in [5.74, 6) is -2.04. The highest BCUT2D eigenvalue weighted by molar-refractivity contribution is 5.95. The Labute approximate surface area is 344 Å². The molecule has 4 rings (SSSR count). The molecule has 2 fully saturated rings. The fraction of sp³-hybridized carbons (Fsp3) is 0.667. The molecule has 59 heavy (non-hydrogen) atoms. The molecule has 2 aliphatic rings. The molecule has 2 saturated heterocycles. The summed E-state index contributed by atoms with van der Waals surface area (Å²) >= 11 is 0. The normalized spacial score (nSPS) is 26.9. The van der Waals surface area contributed by atoms with Gasteiger partial charge in [-0.3, -0.25) is 0 Å². The van der Waals surface area contributed by atoms with E-state index >= 15 is 0 Å². The van der Waals surface area contributed by atoms with E-state index in [9.17, 15) is 50.4 Å². The Balaban J connectivity index is 1.33. The minimum absolute atomic E-state index is 0.170. The molecule has 0 aliphatic carbocycles. The Hall–Kier alpha value is -3.78. The molecule has 0 bridgehead atoms. The minimum Gasteiger partial charge on any atom is -0.507 e. The van der Waals surface area contributed by atoms with Crippen molar-refractivity contribution in [2.24, 2.45) is 0 Å². The molecule has 10 atom stereocenters. The summed E-state index contributed by atoms with van der Waals surface area (Å²) in [6.07, 6.45) is -7.66. The molecule has 0 saturated carbocycles. The van der Waals surface area contributed by atoms with Crippen molar-refractivity contribution in [2.75, 3.05) is 26.4 Å². The van der Waals surface area contributed by atoms with E-state index in [4.69, 9.17) is 33.2 Å². The van der Waals surface area contributed by atoms with E-state index in [1.165, 1.54) is 12.1 Å². The number of unbranched alkanes of at least 4 members (excludes halogenated alkanes) is 8. The van der Waals surface area contributed by atoms with E-state index < -0.39 is 98.1 Å². The van der Waals surface area contributed by atoms with Crippen molar-refractivity contribution in [3.8, 4) is 23.0 Å². The summed E-state index contributed by atoms with van der Waals surface area (Å²) in [6, 6.07) is 5.72. The van der Waals surface area contributed by atoms with Crippen LogP contribution in [0.15, 0.2) is 24.3 Å². The maximum Gasteiger partial charge on any atom is 0.342 e. The third kappa shape index (κ3) is 13.1. The highest BCUT2D eigenvalue weighted by Gasteiger charge is 2.50. The van der Waals surface area contributed by atoms with E-state index in [1.54, 1.807) is 26.0 Å². The number of phenolic OH excluding ortho intramolecular Hbond substituents is 2. The number of aliphatic hydroxyl groups is 6. The topological polar surface area (TPSA) is 261 Å². The monoisotopic (exact) mass is 838 g/mol. The second-order valence-corrected chi connectivity index (χ2v) is 15.2. The van der Waals surface area contributed by atoms with Crippen LogP contribution in [0, 0.1) is 13.8 Å². The number of rotatable bonds is 22. The van der Waals surface area contributed by atoms with Gasteiger partial charge in [0.2, 0.25) is 0 Å². The number of aliphatic hydroxyl groups excluding tert-OH is 6. The number of aromatic hydroxyl groups is 2. The lowest BCUT2D eigenvalue weighted by Gasteiger charge is -2.44. The van der Waals surface area contributed by atoms with Crippen molar-refractivity contribution in [1.29, 1.82) is 0 Å². The molecule has 17 nitrogen and oxygen atoms in total. The number of hydrogen-bond acceptors (Lipinski definition) is 17. The van der Waals surface area contributed by atoms with Crippen LogP contribution in [0.5, 0.6) is 23.0 Å². The first-order valence-corrected chi connectivity index (χ1v) is 20.5. The standard InChI is InChI=1S/C42H62O17/c1-5-7-9-11-13-15-53-25-17-23(3)31(27(43)19-25)39(51)55-21-29-33(45)35(47)37(49)41(57-29)59-42-38(50)36(48)34(46)30(58-42)22-56-40(52)32-24(4)18-26(20-28(32)44)54-16-14-12-10-8-6-2/h17-20,29-30,33-38,41-50H,5-16,21-22H2,1-4H3/t29?,30?,33-,34-,35+,36+,37?,38?,41-,42-/m1/s1. The Morgan fingerprint density at radius 3 is 1.27 bits per heavy atom. The lowest BCUT2D eigenvalue weighted by Crippen LogP contribution is -2.64. The lowest BCUT2D eigenvalue weighted by molar-refractivity contribution is -0.376. The predicted molar refractivity (Wildman–Crippen MR) is 209 cm³/mol. The lowest BCUT2D eigenvalue weighted by atomic mass is 9.98. The van der Waals surface area contributed by atoms with Crippen molar-refractivity contribution >= 4 is 11.9 Å². The number of hydrogen-bond donors (Lipinski definition) is 8. The van der Waals surface area contributed by atoms with Crippen LogP contribution in [0.1, 0.15) is 110 Å². The maximum absolute atomic E-state index is 13.1. The van der Waals surface area contributed by atoms with Crippen LogP contribution < -0.4 is 9.47 Å². The SMILES string of the molecule is CCCCCCCOc1cc(C)c(C(=O)OCC2O[C@H](O[C@H]3OC(COC(=O)c4c(C)cc(OCCCCCCC)cc4O)[C@@H](O)[C@H](O)C3O)C(O)[C@@H](O)[C@@H]2O)c(O)c1. The Kier molecular flexibility index (Phi) is 18.9. The summed E-state index contributed by atoms with van der Waals surface area (Å²) in [5, 5.41) is 85.2. The van der Waals surface area contributed by atoms with Crippen LogP contribution in [0.25, 0.3) is 0 Å². The Morgan fingerprint density at radius 2 is 0.915 bits per heavy atom. The first kappa shape index (κ1) is 47.9. The summed E-state index contributed by atoms with van der Waals surface area (Å²) in [4.78, 5) is 26.1. The van der Waals surface area contributed by atoms with Gasteiger partial charge < -0.3 is 74.0 Å². The summed E-state index contributed by atoms with van der Waals surface area (Å²) in [7, 11) is 0. The highest BCUT2D eigenvalue weighted by atomic mass is 16.8. The van der Waals surface area contributed by atoms with Gasteiger partial charge in [0.1, 0.15) is 96.2 Å². The summed E-state index contributed by atoms with van der Waals surface area (Å²) in [6.45, 7) is 6.90. The molecule has 332 valence electrons. The third-order valence-corrected chi connectivity index (χ3v) is 10.4. The number of ether oxygens (including phenoxy) is 7. The Bertz CT molecular complexity index is 1470. The zero-order valence-corrected chi connectivity index (χ0v) is 34.2. The molecule has 2 aliphatic heterocycles. The molecule has 0 amide bonds. The second kappa shape index (κ2) is 23.3. The average Bonchev–Trinajstić information content (AvgIpc) is 3.19. The molecule has 0 aromatic heterocycles. The maximum atomic E-state index is 13.1. The van der Waals surface area contributed by atoms with E-state index in [1.807, 2.05) is 0 Å². The molecule has 2 aromatic carbocycles. The molecule has 8 N–H and O–H groups in total. The third-order valence-electron chi connectivity index (χ3n) is 10.4. The molecule has 0 spiro atoms. The molecule has 4 unspecified atom stereocenters. The first-order chi connectivity index (χ1) is 28.2. The van der Waals surface area contributed by atoms with E-state index in [-0.39, 0.29) is 11.1 Å². The number of carbonyl (C=O) groups excluding carboxylic acids is 2. The number of benzene rings is 2. The molecular formula is C42H62O17. The first-order valence-electron chi connectivity index (χ1n) is 20.5. The fourth-order valence-corrected chi connectivity index (χ4v) is 6.89. The zero-order chi connectivity index (χ0) is 43.2.